The second-order valence-corrected chi connectivity index (χ2v) is 5.43. The van der Waals surface area contributed by atoms with Gasteiger partial charge in [0.15, 0.2) is 0 Å². The third-order valence-electron chi connectivity index (χ3n) is 3.05. The average Bonchev–Trinajstić information content (AvgIpc) is 2.78. The summed E-state index contributed by atoms with van der Waals surface area (Å²) in [5, 5.41) is 3.54. The first-order chi connectivity index (χ1) is 7.68. The summed E-state index contributed by atoms with van der Waals surface area (Å²) >= 11 is 9.03. The van der Waals surface area contributed by atoms with E-state index in [0.717, 1.165) is 0 Å². The van der Waals surface area contributed by atoms with Crippen molar-refractivity contribution < 1.29 is 4.39 Å². The molecule has 1 nitrogen and oxygen atoms in total. The zero-order chi connectivity index (χ0) is 11.5. The molecule has 0 bridgehead atoms. The molecule has 16 heavy (non-hydrogen) atoms. The van der Waals surface area contributed by atoms with E-state index in [4.69, 9.17) is 11.6 Å². The fraction of sp³-hybridized carbons (Fsp3) is 0.500. The molecule has 1 aromatic rings. The van der Waals surface area contributed by atoms with E-state index in [1.165, 1.54) is 25.7 Å². The molecule has 0 radical (unpaired) electrons. The Balaban J connectivity index is 2.01. The molecule has 1 fully saturated rings. The van der Waals surface area contributed by atoms with Gasteiger partial charge in [0.25, 0.3) is 0 Å². The van der Waals surface area contributed by atoms with Gasteiger partial charge in [0, 0.05) is 22.6 Å². The molecule has 2 rings (SSSR count). The second-order valence-electron chi connectivity index (χ2n) is 4.20. The van der Waals surface area contributed by atoms with Gasteiger partial charge in [-0.25, -0.2) is 4.39 Å². The third kappa shape index (κ3) is 2.76. The van der Waals surface area contributed by atoms with Crippen molar-refractivity contribution >= 4 is 27.5 Å². The summed E-state index contributed by atoms with van der Waals surface area (Å²) < 4.78 is 14.3. The molecule has 0 aromatic heterocycles. The first kappa shape index (κ1) is 12.3. The summed E-state index contributed by atoms with van der Waals surface area (Å²) in [6.07, 6.45) is 4.96. The lowest BCUT2D eigenvalue weighted by Crippen LogP contribution is -2.25. The van der Waals surface area contributed by atoms with Crippen molar-refractivity contribution in [1.29, 1.82) is 0 Å². The minimum Gasteiger partial charge on any atom is -0.310 e. The normalized spacial score (nSPS) is 16.9. The van der Waals surface area contributed by atoms with Gasteiger partial charge in [-0.05, 0) is 34.8 Å². The van der Waals surface area contributed by atoms with Crippen LogP contribution in [0.15, 0.2) is 16.6 Å². The monoisotopic (exact) mass is 305 g/mol. The van der Waals surface area contributed by atoms with Gasteiger partial charge < -0.3 is 5.32 Å². The lowest BCUT2D eigenvalue weighted by atomic mass is 10.2. The fourth-order valence-corrected chi connectivity index (χ4v) is 2.58. The molecule has 1 aromatic carbocycles. The van der Waals surface area contributed by atoms with Gasteiger partial charge in [0.1, 0.15) is 5.82 Å². The summed E-state index contributed by atoms with van der Waals surface area (Å²) in [7, 11) is 0. The predicted octanol–water partition coefficient (Wildman–Crippen LogP) is 4.27. The number of hydrogen-bond donors (Lipinski definition) is 1. The van der Waals surface area contributed by atoms with Crippen LogP contribution in [0, 0.1) is 5.82 Å². The Kier molecular flexibility index (Phi) is 4.22. The van der Waals surface area contributed by atoms with Crippen LogP contribution in [0.25, 0.3) is 0 Å². The molecule has 0 saturated heterocycles. The molecule has 1 aliphatic carbocycles. The molecule has 1 saturated carbocycles. The van der Waals surface area contributed by atoms with Crippen LogP contribution >= 0.6 is 27.5 Å². The summed E-state index contributed by atoms with van der Waals surface area (Å²) in [4.78, 5) is 0. The predicted molar refractivity (Wildman–Crippen MR) is 68.2 cm³/mol. The first-order valence-electron chi connectivity index (χ1n) is 5.54. The quantitative estimate of drug-likeness (QED) is 0.822. The number of benzene rings is 1. The van der Waals surface area contributed by atoms with Crippen molar-refractivity contribution in [3.8, 4) is 0 Å². The van der Waals surface area contributed by atoms with E-state index in [2.05, 4.69) is 21.2 Å². The molecule has 0 aliphatic heterocycles. The number of nitrogens with one attached hydrogen (secondary N) is 1. The molecule has 88 valence electrons. The van der Waals surface area contributed by atoms with Crippen molar-refractivity contribution in [3.05, 3.63) is 33.0 Å². The van der Waals surface area contributed by atoms with Gasteiger partial charge in [-0.15, -0.1) is 0 Å². The van der Waals surface area contributed by atoms with Crippen LogP contribution in [0.4, 0.5) is 4.39 Å². The van der Waals surface area contributed by atoms with E-state index in [1.807, 2.05) is 0 Å². The van der Waals surface area contributed by atoms with Crippen molar-refractivity contribution in [1.82, 2.24) is 5.32 Å². The SMILES string of the molecule is Fc1c(CNC2CCCC2)ccc(Br)c1Cl. The number of hydrogen-bond acceptors (Lipinski definition) is 1. The van der Waals surface area contributed by atoms with Crippen LogP contribution in [0.1, 0.15) is 31.2 Å². The van der Waals surface area contributed by atoms with Crippen molar-refractivity contribution in [2.75, 3.05) is 0 Å². The lowest BCUT2D eigenvalue weighted by molar-refractivity contribution is 0.509. The largest absolute Gasteiger partial charge is 0.310 e. The Bertz CT molecular complexity index is 378. The molecular formula is C12H14BrClFN. The first-order valence-corrected chi connectivity index (χ1v) is 6.71. The van der Waals surface area contributed by atoms with E-state index in [1.54, 1.807) is 12.1 Å². The topological polar surface area (TPSA) is 12.0 Å². The van der Waals surface area contributed by atoms with E-state index < -0.39 is 0 Å². The van der Waals surface area contributed by atoms with Gasteiger partial charge in [-0.3, -0.25) is 0 Å². The molecule has 0 unspecified atom stereocenters. The highest BCUT2D eigenvalue weighted by Gasteiger charge is 2.15. The zero-order valence-corrected chi connectivity index (χ0v) is 11.2. The minimum atomic E-state index is -0.318. The average molecular weight is 307 g/mol. The number of halogens is 3. The van der Waals surface area contributed by atoms with Gasteiger partial charge in [0.05, 0.1) is 5.02 Å². The van der Waals surface area contributed by atoms with Crippen LogP contribution in [0.2, 0.25) is 5.02 Å². The number of rotatable bonds is 3. The highest BCUT2D eigenvalue weighted by Crippen LogP contribution is 2.27. The second kappa shape index (κ2) is 5.48. The summed E-state index contributed by atoms with van der Waals surface area (Å²) in [6, 6.07) is 4.10. The fourth-order valence-electron chi connectivity index (χ4n) is 2.09. The van der Waals surface area contributed by atoms with Crippen LogP contribution in [0.3, 0.4) is 0 Å². The van der Waals surface area contributed by atoms with Crippen LogP contribution in [-0.2, 0) is 6.54 Å². The Labute approximate surface area is 109 Å². The van der Waals surface area contributed by atoms with Crippen molar-refractivity contribution in [3.63, 3.8) is 0 Å². The Hall–Kier alpha value is -0.120. The Morgan fingerprint density at radius 2 is 2.06 bits per heavy atom. The molecule has 4 heteroatoms. The van der Waals surface area contributed by atoms with E-state index >= 15 is 0 Å². The molecule has 0 heterocycles. The van der Waals surface area contributed by atoms with Gasteiger partial charge in [-0.1, -0.05) is 30.5 Å². The van der Waals surface area contributed by atoms with E-state index in [0.29, 0.717) is 22.6 Å². The van der Waals surface area contributed by atoms with Crippen LogP contribution < -0.4 is 5.32 Å². The summed E-state index contributed by atoms with van der Waals surface area (Å²) in [5.74, 6) is -0.318. The maximum Gasteiger partial charge on any atom is 0.147 e. The highest BCUT2D eigenvalue weighted by molar-refractivity contribution is 9.10. The molecule has 0 amide bonds. The Morgan fingerprint density at radius 3 is 2.75 bits per heavy atom. The van der Waals surface area contributed by atoms with Crippen LogP contribution in [0.5, 0.6) is 0 Å². The lowest BCUT2D eigenvalue weighted by Gasteiger charge is -2.12. The molecular weight excluding hydrogens is 292 g/mol. The summed E-state index contributed by atoms with van der Waals surface area (Å²) in [6.45, 7) is 0.559. The molecule has 1 aliphatic rings. The maximum atomic E-state index is 13.7. The summed E-state index contributed by atoms with van der Waals surface area (Å²) in [5.41, 5.74) is 0.639. The molecule has 1 N–H and O–H groups in total. The maximum absolute atomic E-state index is 13.7. The Morgan fingerprint density at radius 1 is 1.38 bits per heavy atom. The molecule has 0 atom stereocenters. The standard InChI is InChI=1S/C12H14BrClFN/c13-10-6-5-8(12(15)11(10)14)7-16-9-3-1-2-4-9/h5-6,9,16H,1-4,7H2. The van der Waals surface area contributed by atoms with Crippen LogP contribution in [-0.4, -0.2) is 6.04 Å². The van der Waals surface area contributed by atoms with Gasteiger partial charge in [0.2, 0.25) is 0 Å². The van der Waals surface area contributed by atoms with Crippen molar-refractivity contribution in [2.24, 2.45) is 0 Å². The van der Waals surface area contributed by atoms with E-state index in [9.17, 15) is 4.39 Å². The van der Waals surface area contributed by atoms with Crippen molar-refractivity contribution in [2.45, 2.75) is 38.3 Å². The molecule has 0 spiro atoms. The zero-order valence-electron chi connectivity index (χ0n) is 8.90. The minimum absolute atomic E-state index is 0.172. The van der Waals surface area contributed by atoms with Gasteiger partial charge in [-0.2, -0.15) is 0 Å². The van der Waals surface area contributed by atoms with E-state index in [-0.39, 0.29) is 10.8 Å². The smallest absolute Gasteiger partial charge is 0.147 e. The third-order valence-corrected chi connectivity index (χ3v) is 4.31. The highest BCUT2D eigenvalue weighted by atomic mass is 79.9. The van der Waals surface area contributed by atoms with Gasteiger partial charge >= 0.3 is 0 Å².